The van der Waals surface area contributed by atoms with Crippen LogP contribution in [0.1, 0.15) is 0 Å². The fraction of sp³-hybridized carbons (Fsp3) is 0. The summed E-state index contributed by atoms with van der Waals surface area (Å²) in [5, 5.41) is 6.05. The number of aromatic nitrogens is 1. The van der Waals surface area contributed by atoms with Crippen LogP contribution in [-0.4, -0.2) is 4.98 Å². The molecule has 1 aromatic heterocycles. The lowest BCUT2D eigenvalue weighted by Gasteiger charge is -2.05. The second-order valence-electron chi connectivity index (χ2n) is 5.79. The molecule has 0 radical (unpaired) electrons. The fourth-order valence-corrected chi connectivity index (χ4v) is 4.72. The SMILES string of the molecule is Brc1cccc2c1ccc1c2ccc2sc(-c3ccccc3)nc21. The maximum atomic E-state index is 4.95. The van der Waals surface area contributed by atoms with Crippen LogP contribution in [0.2, 0.25) is 0 Å². The minimum absolute atomic E-state index is 1.08. The van der Waals surface area contributed by atoms with Gasteiger partial charge in [-0.2, -0.15) is 0 Å². The Morgan fingerprint density at radius 2 is 1.42 bits per heavy atom. The molecule has 0 aliphatic heterocycles. The largest absolute Gasteiger partial charge is 0.235 e. The summed E-state index contributed by atoms with van der Waals surface area (Å²) >= 11 is 5.41. The molecule has 0 N–H and O–H groups in total. The summed E-state index contributed by atoms with van der Waals surface area (Å²) in [6.07, 6.45) is 0. The van der Waals surface area contributed by atoms with Gasteiger partial charge in [0.25, 0.3) is 0 Å². The van der Waals surface area contributed by atoms with E-state index < -0.39 is 0 Å². The van der Waals surface area contributed by atoms with Gasteiger partial charge in [-0.05, 0) is 28.3 Å². The molecule has 24 heavy (non-hydrogen) atoms. The Morgan fingerprint density at radius 3 is 2.29 bits per heavy atom. The van der Waals surface area contributed by atoms with Gasteiger partial charge in [-0.3, -0.25) is 0 Å². The standard InChI is InChI=1S/C21H12BrNS/c22-18-8-4-7-14-15-11-12-19-20(17(15)10-9-16(14)18)23-21(24-19)13-5-2-1-3-6-13/h1-12H. The number of thiazole rings is 1. The summed E-state index contributed by atoms with van der Waals surface area (Å²) < 4.78 is 2.36. The third kappa shape index (κ3) is 2.09. The predicted octanol–water partition coefficient (Wildman–Crippen LogP) is 7.03. The van der Waals surface area contributed by atoms with Crippen LogP contribution in [0.15, 0.2) is 77.3 Å². The van der Waals surface area contributed by atoms with Gasteiger partial charge in [0.15, 0.2) is 0 Å². The van der Waals surface area contributed by atoms with Gasteiger partial charge in [0, 0.05) is 15.4 Å². The Labute approximate surface area is 151 Å². The van der Waals surface area contributed by atoms with Gasteiger partial charge < -0.3 is 0 Å². The number of fused-ring (bicyclic) bond motifs is 5. The minimum atomic E-state index is 1.08. The zero-order chi connectivity index (χ0) is 16.1. The average molecular weight is 390 g/mol. The Balaban J connectivity index is 1.86. The van der Waals surface area contributed by atoms with Crippen LogP contribution in [-0.2, 0) is 0 Å². The molecular weight excluding hydrogens is 378 g/mol. The first-order valence-corrected chi connectivity index (χ1v) is 9.38. The second-order valence-corrected chi connectivity index (χ2v) is 7.68. The number of hydrogen-bond acceptors (Lipinski definition) is 2. The van der Waals surface area contributed by atoms with E-state index in [1.165, 1.54) is 31.8 Å². The van der Waals surface area contributed by atoms with Crippen LogP contribution < -0.4 is 0 Å². The average Bonchev–Trinajstić information content (AvgIpc) is 3.07. The van der Waals surface area contributed by atoms with Gasteiger partial charge >= 0.3 is 0 Å². The molecule has 0 fully saturated rings. The molecule has 0 spiro atoms. The summed E-state index contributed by atoms with van der Waals surface area (Å²) in [5.74, 6) is 0. The van der Waals surface area contributed by atoms with E-state index in [-0.39, 0.29) is 0 Å². The van der Waals surface area contributed by atoms with Crippen molar-refractivity contribution in [1.82, 2.24) is 4.98 Å². The van der Waals surface area contributed by atoms with Crippen molar-refractivity contribution in [3.63, 3.8) is 0 Å². The van der Waals surface area contributed by atoms with E-state index in [1.54, 1.807) is 11.3 Å². The first-order chi connectivity index (χ1) is 11.8. The molecule has 4 aromatic carbocycles. The first-order valence-electron chi connectivity index (χ1n) is 7.77. The van der Waals surface area contributed by atoms with Crippen molar-refractivity contribution in [2.45, 2.75) is 0 Å². The van der Waals surface area contributed by atoms with Gasteiger partial charge in [0.2, 0.25) is 0 Å². The normalized spacial score (nSPS) is 11.5. The molecular formula is C21H12BrNS. The molecule has 114 valence electrons. The number of halogens is 1. The Morgan fingerprint density at radius 1 is 0.667 bits per heavy atom. The summed E-state index contributed by atoms with van der Waals surface area (Å²) in [5.41, 5.74) is 2.27. The molecule has 0 saturated carbocycles. The van der Waals surface area contributed by atoms with Gasteiger partial charge in [0.1, 0.15) is 5.01 Å². The van der Waals surface area contributed by atoms with Crippen molar-refractivity contribution in [3.05, 3.63) is 77.3 Å². The summed E-state index contributed by atoms with van der Waals surface area (Å²) in [4.78, 5) is 4.95. The monoisotopic (exact) mass is 389 g/mol. The molecule has 0 atom stereocenters. The van der Waals surface area contributed by atoms with E-state index in [4.69, 9.17) is 4.98 Å². The van der Waals surface area contributed by atoms with E-state index in [2.05, 4.69) is 82.7 Å². The number of rotatable bonds is 1. The molecule has 1 heterocycles. The molecule has 0 aliphatic carbocycles. The van der Waals surface area contributed by atoms with Crippen LogP contribution in [0.3, 0.4) is 0 Å². The molecule has 0 aliphatic rings. The predicted molar refractivity (Wildman–Crippen MR) is 108 cm³/mol. The van der Waals surface area contributed by atoms with Crippen LogP contribution in [0, 0.1) is 0 Å². The van der Waals surface area contributed by atoms with Crippen LogP contribution in [0.5, 0.6) is 0 Å². The van der Waals surface area contributed by atoms with Crippen molar-refractivity contribution in [1.29, 1.82) is 0 Å². The zero-order valence-corrected chi connectivity index (χ0v) is 15.1. The maximum Gasteiger partial charge on any atom is 0.124 e. The van der Waals surface area contributed by atoms with E-state index in [0.29, 0.717) is 0 Å². The number of nitrogens with zero attached hydrogens (tertiary/aromatic N) is 1. The molecule has 3 heteroatoms. The molecule has 0 saturated heterocycles. The first kappa shape index (κ1) is 14.1. The Bertz CT molecular complexity index is 1210. The van der Waals surface area contributed by atoms with Crippen LogP contribution >= 0.6 is 27.3 Å². The summed E-state index contributed by atoms with van der Waals surface area (Å²) in [7, 11) is 0. The zero-order valence-electron chi connectivity index (χ0n) is 12.7. The van der Waals surface area contributed by atoms with Crippen LogP contribution in [0.4, 0.5) is 0 Å². The Kier molecular flexibility index (Phi) is 3.18. The van der Waals surface area contributed by atoms with Gasteiger partial charge in [-0.15, -0.1) is 11.3 Å². The van der Waals surface area contributed by atoms with Crippen molar-refractivity contribution < 1.29 is 0 Å². The molecule has 5 rings (SSSR count). The summed E-state index contributed by atoms with van der Waals surface area (Å²) in [6.45, 7) is 0. The van der Waals surface area contributed by atoms with E-state index in [1.807, 2.05) is 6.07 Å². The maximum absolute atomic E-state index is 4.95. The van der Waals surface area contributed by atoms with Crippen molar-refractivity contribution in [2.24, 2.45) is 0 Å². The van der Waals surface area contributed by atoms with Crippen molar-refractivity contribution in [2.75, 3.05) is 0 Å². The summed E-state index contributed by atoms with van der Waals surface area (Å²) in [6, 6.07) is 25.5. The minimum Gasteiger partial charge on any atom is -0.235 e. The molecule has 0 bridgehead atoms. The van der Waals surface area contributed by atoms with Crippen LogP contribution in [0.25, 0.3) is 42.3 Å². The highest BCUT2D eigenvalue weighted by Crippen LogP contribution is 2.37. The van der Waals surface area contributed by atoms with Crippen molar-refractivity contribution >= 4 is 59.0 Å². The number of hydrogen-bond donors (Lipinski definition) is 0. The molecule has 0 amide bonds. The molecule has 1 nitrogen and oxygen atoms in total. The fourth-order valence-electron chi connectivity index (χ4n) is 3.23. The Hall–Kier alpha value is -2.23. The number of benzene rings is 4. The van der Waals surface area contributed by atoms with Gasteiger partial charge in [-0.1, -0.05) is 76.6 Å². The van der Waals surface area contributed by atoms with E-state index in [9.17, 15) is 0 Å². The highest BCUT2D eigenvalue weighted by molar-refractivity contribution is 9.10. The third-order valence-electron chi connectivity index (χ3n) is 4.38. The second kappa shape index (κ2) is 5.40. The lowest BCUT2D eigenvalue weighted by Crippen LogP contribution is -1.81. The lowest BCUT2D eigenvalue weighted by atomic mass is 10.0. The smallest absolute Gasteiger partial charge is 0.124 e. The van der Waals surface area contributed by atoms with E-state index >= 15 is 0 Å². The van der Waals surface area contributed by atoms with Gasteiger partial charge in [-0.25, -0.2) is 4.98 Å². The lowest BCUT2D eigenvalue weighted by molar-refractivity contribution is 1.49. The molecule has 0 unspecified atom stereocenters. The third-order valence-corrected chi connectivity index (χ3v) is 6.14. The van der Waals surface area contributed by atoms with Crippen molar-refractivity contribution in [3.8, 4) is 10.6 Å². The highest BCUT2D eigenvalue weighted by atomic mass is 79.9. The molecule has 5 aromatic rings. The van der Waals surface area contributed by atoms with E-state index in [0.717, 1.165) is 15.0 Å². The topological polar surface area (TPSA) is 12.9 Å². The van der Waals surface area contributed by atoms with Gasteiger partial charge in [0.05, 0.1) is 10.2 Å². The quantitative estimate of drug-likeness (QED) is 0.280. The highest BCUT2D eigenvalue weighted by Gasteiger charge is 2.11.